The largest absolute Gasteiger partial charge is 0.396 e. The molecule has 0 saturated carbocycles. The van der Waals surface area contributed by atoms with Crippen LogP contribution in [0.5, 0.6) is 0 Å². The zero-order valence-corrected chi connectivity index (χ0v) is 12.2. The number of carbonyl (C=O) groups excluding carboxylic acids is 1. The average molecular weight is 290 g/mol. The third kappa shape index (κ3) is 3.18. The minimum atomic E-state index is 0.0647. The van der Waals surface area contributed by atoms with Crippen molar-refractivity contribution in [1.82, 2.24) is 20.1 Å². The van der Waals surface area contributed by atoms with Crippen LogP contribution in [0.2, 0.25) is 0 Å². The van der Waals surface area contributed by atoms with Crippen LogP contribution in [0.25, 0.3) is 0 Å². The van der Waals surface area contributed by atoms with E-state index < -0.39 is 0 Å². The maximum atomic E-state index is 11.5. The minimum absolute atomic E-state index is 0.0647. The first-order valence-corrected chi connectivity index (χ1v) is 7.44. The second-order valence-electron chi connectivity index (χ2n) is 5.46. The molecule has 3 heterocycles. The zero-order chi connectivity index (χ0) is 14.7. The van der Waals surface area contributed by atoms with Crippen molar-refractivity contribution in [2.24, 2.45) is 0 Å². The molecule has 0 aliphatic carbocycles. The van der Waals surface area contributed by atoms with Crippen LogP contribution in [0.15, 0.2) is 18.3 Å². The quantitative estimate of drug-likeness (QED) is 0.804. The van der Waals surface area contributed by atoms with Gasteiger partial charge >= 0.3 is 6.03 Å². The molecule has 1 aromatic rings. The summed E-state index contributed by atoms with van der Waals surface area (Å²) in [6, 6.07) is 3.81. The number of nitrogens with one attached hydrogen (secondary N) is 1. The van der Waals surface area contributed by atoms with E-state index in [1.54, 1.807) is 6.20 Å². The molecule has 0 radical (unpaired) electrons. The second kappa shape index (κ2) is 6.17. The smallest absolute Gasteiger partial charge is 0.317 e. The Kier molecular flexibility index (Phi) is 4.10. The topological polar surface area (TPSA) is 77.7 Å². The summed E-state index contributed by atoms with van der Waals surface area (Å²) in [5.41, 5.74) is 6.71. The first-order chi connectivity index (χ1) is 10.2. The number of amides is 2. The number of rotatable bonds is 4. The molecule has 2 saturated heterocycles. The van der Waals surface area contributed by atoms with Crippen LogP contribution in [0.1, 0.15) is 0 Å². The van der Waals surface area contributed by atoms with Gasteiger partial charge in [0, 0.05) is 58.6 Å². The number of urea groups is 1. The Morgan fingerprint density at radius 1 is 1.19 bits per heavy atom. The summed E-state index contributed by atoms with van der Waals surface area (Å²) in [5, 5.41) is 2.83. The summed E-state index contributed by atoms with van der Waals surface area (Å²) in [5.74, 6) is 0.885. The number of anilines is 2. The van der Waals surface area contributed by atoms with Gasteiger partial charge in [0.05, 0.1) is 5.69 Å². The Balaban J connectivity index is 1.47. The van der Waals surface area contributed by atoms with Crippen molar-refractivity contribution < 1.29 is 4.79 Å². The Morgan fingerprint density at radius 3 is 2.67 bits per heavy atom. The van der Waals surface area contributed by atoms with E-state index in [1.807, 2.05) is 17.0 Å². The van der Waals surface area contributed by atoms with Gasteiger partial charge in [-0.05, 0) is 12.1 Å². The molecule has 7 nitrogen and oxygen atoms in total. The molecule has 2 aliphatic rings. The van der Waals surface area contributed by atoms with Gasteiger partial charge in [-0.3, -0.25) is 4.90 Å². The minimum Gasteiger partial charge on any atom is -0.396 e. The van der Waals surface area contributed by atoms with Gasteiger partial charge in [-0.2, -0.15) is 0 Å². The number of pyridine rings is 1. The van der Waals surface area contributed by atoms with Crippen molar-refractivity contribution >= 4 is 17.5 Å². The van der Waals surface area contributed by atoms with Gasteiger partial charge in [0.1, 0.15) is 0 Å². The number of hydrogen-bond donors (Lipinski definition) is 2. The molecule has 0 spiro atoms. The number of piperazine rings is 1. The standard InChI is InChI=1S/C14H22N6O/c15-12-2-1-3-16-13(12)19-9-6-18(7-10-19)8-11-20-5-4-17-14(20)21/h1-3H,4-11,15H2,(H,17,21). The SMILES string of the molecule is Nc1cccnc1N1CCN(CCN2CCNC2=O)CC1. The van der Waals surface area contributed by atoms with E-state index >= 15 is 0 Å². The van der Waals surface area contributed by atoms with Crippen molar-refractivity contribution in [3.8, 4) is 0 Å². The molecule has 3 N–H and O–H groups in total. The van der Waals surface area contributed by atoms with Crippen molar-refractivity contribution in [2.45, 2.75) is 0 Å². The highest BCUT2D eigenvalue weighted by Gasteiger charge is 2.22. The third-order valence-electron chi connectivity index (χ3n) is 4.12. The Bertz CT molecular complexity index is 500. The first-order valence-electron chi connectivity index (χ1n) is 7.44. The van der Waals surface area contributed by atoms with Gasteiger partial charge in [0.25, 0.3) is 0 Å². The number of hydrogen-bond acceptors (Lipinski definition) is 5. The highest BCUT2D eigenvalue weighted by molar-refractivity contribution is 5.76. The van der Waals surface area contributed by atoms with E-state index in [2.05, 4.69) is 20.1 Å². The van der Waals surface area contributed by atoms with E-state index in [0.29, 0.717) is 0 Å². The Morgan fingerprint density at radius 2 is 2.00 bits per heavy atom. The fraction of sp³-hybridized carbons (Fsp3) is 0.571. The van der Waals surface area contributed by atoms with E-state index in [0.717, 1.165) is 63.9 Å². The van der Waals surface area contributed by atoms with Gasteiger partial charge in [0.2, 0.25) is 0 Å². The number of carbonyl (C=O) groups is 1. The maximum absolute atomic E-state index is 11.5. The summed E-state index contributed by atoms with van der Waals surface area (Å²) < 4.78 is 0. The molecule has 2 fully saturated rings. The lowest BCUT2D eigenvalue weighted by Crippen LogP contribution is -2.49. The molecule has 0 unspecified atom stereocenters. The predicted molar refractivity (Wildman–Crippen MR) is 82.3 cm³/mol. The van der Waals surface area contributed by atoms with Crippen LogP contribution >= 0.6 is 0 Å². The first kappa shape index (κ1) is 13.9. The van der Waals surface area contributed by atoms with Gasteiger partial charge in [0.15, 0.2) is 5.82 Å². The van der Waals surface area contributed by atoms with Crippen molar-refractivity contribution in [2.75, 3.05) is 63.0 Å². The van der Waals surface area contributed by atoms with Crippen LogP contribution in [0, 0.1) is 0 Å². The highest BCUT2D eigenvalue weighted by atomic mass is 16.2. The van der Waals surface area contributed by atoms with E-state index in [-0.39, 0.29) is 6.03 Å². The van der Waals surface area contributed by atoms with E-state index in [4.69, 9.17) is 5.73 Å². The molecular weight excluding hydrogens is 268 g/mol. The van der Waals surface area contributed by atoms with Crippen LogP contribution in [0.4, 0.5) is 16.3 Å². The third-order valence-corrected chi connectivity index (χ3v) is 4.12. The van der Waals surface area contributed by atoms with Gasteiger partial charge in [-0.1, -0.05) is 0 Å². The molecule has 0 aromatic carbocycles. The summed E-state index contributed by atoms with van der Waals surface area (Å²) in [7, 11) is 0. The van der Waals surface area contributed by atoms with Crippen LogP contribution in [-0.2, 0) is 0 Å². The Hall–Kier alpha value is -2.02. The highest BCUT2D eigenvalue weighted by Crippen LogP contribution is 2.20. The molecule has 7 heteroatoms. The van der Waals surface area contributed by atoms with Crippen LogP contribution in [0.3, 0.4) is 0 Å². The second-order valence-corrected chi connectivity index (χ2v) is 5.46. The zero-order valence-electron chi connectivity index (χ0n) is 12.2. The van der Waals surface area contributed by atoms with E-state index in [1.165, 1.54) is 0 Å². The van der Waals surface area contributed by atoms with Gasteiger partial charge < -0.3 is 20.9 Å². The van der Waals surface area contributed by atoms with Crippen molar-refractivity contribution in [3.63, 3.8) is 0 Å². The number of nitrogen functional groups attached to an aromatic ring is 1. The fourth-order valence-electron chi connectivity index (χ4n) is 2.84. The van der Waals surface area contributed by atoms with Crippen molar-refractivity contribution in [1.29, 1.82) is 0 Å². The molecule has 2 amide bonds. The molecule has 3 rings (SSSR count). The fourth-order valence-corrected chi connectivity index (χ4v) is 2.84. The molecule has 0 bridgehead atoms. The lowest BCUT2D eigenvalue weighted by molar-refractivity contribution is 0.197. The molecule has 2 aliphatic heterocycles. The Labute approximate surface area is 124 Å². The maximum Gasteiger partial charge on any atom is 0.317 e. The summed E-state index contributed by atoms with van der Waals surface area (Å²) in [6.45, 7) is 7.13. The summed E-state index contributed by atoms with van der Waals surface area (Å²) >= 11 is 0. The van der Waals surface area contributed by atoms with Crippen LogP contribution < -0.4 is 16.0 Å². The molecule has 21 heavy (non-hydrogen) atoms. The summed E-state index contributed by atoms with van der Waals surface area (Å²) in [6.07, 6.45) is 1.78. The van der Waals surface area contributed by atoms with E-state index in [9.17, 15) is 4.79 Å². The van der Waals surface area contributed by atoms with Gasteiger partial charge in [-0.25, -0.2) is 9.78 Å². The number of nitrogens with zero attached hydrogens (tertiary/aromatic N) is 4. The van der Waals surface area contributed by atoms with Gasteiger partial charge in [-0.15, -0.1) is 0 Å². The molecule has 0 atom stereocenters. The molecule has 114 valence electrons. The lowest BCUT2D eigenvalue weighted by atomic mass is 10.3. The molecule has 1 aromatic heterocycles. The van der Waals surface area contributed by atoms with Crippen LogP contribution in [-0.4, -0.2) is 73.2 Å². The molecular formula is C14H22N6O. The monoisotopic (exact) mass is 290 g/mol. The van der Waals surface area contributed by atoms with Crippen molar-refractivity contribution in [3.05, 3.63) is 18.3 Å². The summed E-state index contributed by atoms with van der Waals surface area (Å²) in [4.78, 5) is 22.4. The normalized spacial score (nSPS) is 19.9. The number of nitrogens with two attached hydrogens (primary N) is 1. The predicted octanol–water partition coefficient (Wildman–Crippen LogP) is -0.189. The number of aromatic nitrogens is 1. The average Bonchev–Trinajstić information content (AvgIpc) is 2.92. The lowest BCUT2D eigenvalue weighted by Gasteiger charge is -2.36.